The highest BCUT2D eigenvalue weighted by molar-refractivity contribution is 7.94. The van der Waals surface area contributed by atoms with Gasteiger partial charge in [0.05, 0.1) is 7.11 Å². The summed E-state index contributed by atoms with van der Waals surface area (Å²) in [5, 5.41) is 5.71. The molecule has 142 valence electrons. The molecule has 0 aliphatic rings. The van der Waals surface area contributed by atoms with Crippen molar-refractivity contribution < 1.29 is 17.7 Å². The van der Waals surface area contributed by atoms with Gasteiger partial charge in [0.1, 0.15) is 9.96 Å². The summed E-state index contributed by atoms with van der Waals surface area (Å²) >= 11 is 1.16. The first-order valence-corrected chi connectivity index (χ1v) is 10.6. The van der Waals surface area contributed by atoms with Crippen LogP contribution in [0, 0.1) is 0 Å². The molecule has 4 rings (SSSR count). The molecule has 9 heteroatoms. The predicted molar refractivity (Wildman–Crippen MR) is 107 cm³/mol. The van der Waals surface area contributed by atoms with Gasteiger partial charge in [-0.3, -0.25) is 4.72 Å². The van der Waals surface area contributed by atoms with Gasteiger partial charge in [-0.1, -0.05) is 11.2 Å². The standard InChI is InChI=1S/C19H15N3O4S2/c1-25-16-10-6-14(7-11-16)19-20-18(21-26-19)13-4-8-15(9-5-13)22-28(23,24)17-3-2-12-27-17/h2-12,22H,1H3. The first kappa shape index (κ1) is 18.2. The molecular formula is C19H15N3O4S2. The van der Waals surface area contributed by atoms with E-state index in [1.807, 2.05) is 24.3 Å². The Morgan fingerprint density at radius 2 is 1.71 bits per heavy atom. The minimum atomic E-state index is -3.58. The van der Waals surface area contributed by atoms with E-state index in [0.717, 1.165) is 22.6 Å². The topological polar surface area (TPSA) is 94.3 Å². The van der Waals surface area contributed by atoms with Crippen molar-refractivity contribution in [1.29, 1.82) is 0 Å². The monoisotopic (exact) mass is 413 g/mol. The molecule has 4 aromatic rings. The number of benzene rings is 2. The first-order valence-electron chi connectivity index (χ1n) is 8.20. The molecule has 2 aromatic heterocycles. The molecule has 0 aliphatic heterocycles. The van der Waals surface area contributed by atoms with Crippen molar-refractivity contribution in [2.24, 2.45) is 0 Å². The van der Waals surface area contributed by atoms with E-state index in [0.29, 0.717) is 23.0 Å². The number of ether oxygens (including phenoxy) is 1. The SMILES string of the molecule is COc1ccc(-c2nc(-c3ccc(NS(=O)(=O)c4cccs4)cc3)no2)cc1. The molecule has 0 amide bonds. The molecule has 0 atom stereocenters. The lowest BCUT2D eigenvalue weighted by molar-refractivity contribution is 0.414. The Morgan fingerprint density at radius 1 is 1.00 bits per heavy atom. The quantitative estimate of drug-likeness (QED) is 0.507. The van der Waals surface area contributed by atoms with Gasteiger partial charge in [0, 0.05) is 16.8 Å². The molecule has 0 spiro atoms. The molecule has 0 unspecified atom stereocenters. The number of aromatic nitrogens is 2. The number of nitrogens with zero attached hydrogens (tertiary/aromatic N) is 2. The fraction of sp³-hybridized carbons (Fsp3) is 0.0526. The van der Waals surface area contributed by atoms with Gasteiger partial charge in [-0.2, -0.15) is 4.98 Å². The Labute approximate surface area is 165 Å². The van der Waals surface area contributed by atoms with Crippen molar-refractivity contribution in [3.8, 4) is 28.6 Å². The molecule has 0 radical (unpaired) electrons. The van der Waals surface area contributed by atoms with Crippen molar-refractivity contribution in [2.45, 2.75) is 4.21 Å². The lowest BCUT2D eigenvalue weighted by Gasteiger charge is -2.06. The molecule has 2 heterocycles. The second-order valence-electron chi connectivity index (χ2n) is 5.77. The van der Waals surface area contributed by atoms with Crippen molar-refractivity contribution >= 4 is 27.0 Å². The van der Waals surface area contributed by atoms with Crippen molar-refractivity contribution in [1.82, 2.24) is 10.1 Å². The summed E-state index contributed by atoms with van der Waals surface area (Å²) in [4.78, 5) is 4.40. The van der Waals surface area contributed by atoms with E-state index in [1.54, 1.807) is 48.9 Å². The fourth-order valence-electron chi connectivity index (χ4n) is 2.50. The number of nitrogens with one attached hydrogen (secondary N) is 1. The molecule has 0 fully saturated rings. The second kappa shape index (κ2) is 7.45. The number of sulfonamides is 1. The normalized spacial score (nSPS) is 11.3. The zero-order chi connectivity index (χ0) is 19.6. The number of hydrogen-bond donors (Lipinski definition) is 1. The van der Waals surface area contributed by atoms with Gasteiger partial charge in [-0.15, -0.1) is 11.3 Å². The number of anilines is 1. The van der Waals surface area contributed by atoms with Crippen LogP contribution in [0.25, 0.3) is 22.8 Å². The summed E-state index contributed by atoms with van der Waals surface area (Å²) in [6.07, 6.45) is 0. The van der Waals surface area contributed by atoms with Gasteiger partial charge >= 0.3 is 0 Å². The van der Waals surface area contributed by atoms with E-state index in [9.17, 15) is 8.42 Å². The Bertz CT molecular complexity index is 1170. The number of thiophene rings is 1. The Hall–Kier alpha value is -3.17. The van der Waals surface area contributed by atoms with Gasteiger partial charge in [0.2, 0.25) is 5.82 Å². The third-order valence-corrected chi connectivity index (χ3v) is 6.70. The first-order chi connectivity index (χ1) is 13.5. The molecule has 0 saturated heterocycles. The minimum absolute atomic E-state index is 0.263. The second-order valence-corrected chi connectivity index (χ2v) is 8.62. The van der Waals surface area contributed by atoms with Crippen LogP contribution in [0.5, 0.6) is 5.75 Å². The van der Waals surface area contributed by atoms with Gasteiger partial charge in [-0.25, -0.2) is 8.42 Å². The van der Waals surface area contributed by atoms with E-state index in [1.165, 1.54) is 0 Å². The van der Waals surface area contributed by atoms with Gasteiger partial charge in [-0.05, 0) is 60.0 Å². The van der Waals surface area contributed by atoms with Crippen LogP contribution in [-0.4, -0.2) is 25.7 Å². The van der Waals surface area contributed by atoms with Gasteiger partial charge < -0.3 is 9.26 Å². The Morgan fingerprint density at radius 3 is 2.36 bits per heavy atom. The van der Waals surface area contributed by atoms with Crippen molar-refractivity contribution in [2.75, 3.05) is 11.8 Å². The lowest BCUT2D eigenvalue weighted by atomic mass is 10.2. The molecule has 28 heavy (non-hydrogen) atoms. The van der Waals surface area contributed by atoms with E-state index in [-0.39, 0.29) is 4.21 Å². The van der Waals surface area contributed by atoms with Crippen molar-refractivity contribution in [3.63, 3.8) is 0 Å². The van der Waals surface area contributed by atoms with Crippen LogP contribution < -0.4 is 9.46 Å². The average molecular weight is 413 g/mol. The Balaban J connectivity index is 1.52. The van der Waals surface area contributed by atoms with E-state index in [4.69, 9.17) is 9.26 Å². The highest BCUT2D eigenvalue weighted by Gasteiger charge is 2.16. The maximum absolute atomic E-state index is 12.3. The van der Waals surface area contributed by atoms with Crippen LogP contribution in [0.4, 0.5) is 5.69 Å². The molecule has 1 N–H and O–H groups in total. The summed E-state index contributed by atoms with van der Waals surface area (Å²) in [7, 11) is -1.98. The molecule has 0 aliphatic carbocycles. The smallest absolute Gasteiger partial charge is 0.271 e. The highest BCUT2D eigenvalue weighted by atomic mass is 32.2. The number of methoxy groups -OCH3 is 1. The zero-order valence-electron chi connectivity index (χ0n) is 14.7. The van der Waals surface area contributed by atoms with Gasteiger partial charge in [0.15, 0.2) is 0 Å². The lowest BCUT2D eigenvalue weighted by Crippen LogP contribution is -2.11. The predicted octanol–water partition coefficient (Wildman–Crippen LogP) is 4.27. The third kappa shape index (κ3) is 3.75. The van der Waals surface area contributed by atoms with E-state index < -0.39 is 10.0 Å². The van der Waals surface area contributed by atoms with Crippen LogP contribution in [0.15, 0.2) is 74.8 Å². The molecule has 2 aromatic carbocycles. The number of hydrogen-bond acceptors (Lipinski definition) is 7. The van der Waals surface area contributed by atoms with Crippen LogP contribution in [0.1, 0.15) is 0 Å². The van der Waals surface area contributed by atoms with Gasteiger partial charge in [0.25, 0.3) is 15.9 Å². The molecule has 0 saturated carbocycles. The molecule has 0 bridgehead atoms. The molecule has 7 nitrogen and oxygen atoms in total. The largest absolute Gasteiger partial charge is 0.497 e. The zero-order valence-corrected chi connectivity index (χ0v) is 16.3. The van der Waals surface area contributed by atoms with E-state index >= 15 is 0 Å². The summed E-state index contributed by atoms with van der Waals surface area (Å²) in [6.45, 7) is 0. The average Bonchev–Trinajstić information content (AvgIpc) is 3.41. The minimum Gasteiger partial charge on any atom is -0.497 e. The fourth-order valence-corrected chi connectivity index (χ4v) is 4.55. The summed E-state index contributed by atoms with van der Waals surface area (Å²) in [5.74, 6) is 1.54. The highest BCUT2D eigenvalue weighted by Crippen LogP contribution is 2.26. The maximum atomic E-state index is 12.3. The number of rotatable bonds is 6. The van der Waals surface area contributed by atoms with E-state index in [2.05, 4.69) is 14.9 Å². The van der Waals surface area contributed by atoms with Crippen LogP contribution in [0.3, 0.4) is 0 Å². The maximum Gasteiger partial charge on any atom is 0.271 e. The summed E-state index contributed by atoms with van der Waals surface area (Å²) in [6, 6.07) is 17.3. The third-order valence-electron chi connectivity index (χ3n) is 3.92. The summed E-state index contributed by atoms with van der Waals surface area (Å²) < 4.78 is 37.8. The van der Waals surface area contributed by atoms with Crippen LogP contribution in [-0.2, 0) is 10.0 Å². The van der Waals surface area contributed by atoms with Crippen LogP contribution >= 0.6 is 11.3 Å². The summed E-state index contributed by atoms with van der Waals surface area (Å²) in [5.41, 5.74) is 1.94. The Kier molecular flexibility index (Phi) is 4.84. The van der Waals surface area contributed by atoms with Crippen molar-refractivity contribution in [3.05, 3.63) is 66.0 Å². The molecular weight excluding hydrogens is 398 g/mol. The van der Waals surface area contributed by atoms with Crippen LogP contribution in [0.2, 0.25) is 0 Å².